The number of benzene rings is 5. The molecule has 5 aromatic rings. The van der Waals surface area contributed by atoms with Gasteiger partial charge in [-0.05, 0) is 160 Å². The summed E-state index contributed by atoms with van der Waals surface area (Å²) in [6.45, 7) is 29.3. The minimum Gasteiger partial charge on any atom is -1.00 e. The van der Waals surface area contributed by atoms with Gasteiger partial charge in [-0.15, -0.1) is 0 Å². The van der Waals surface area contributed by atoms with E-state index in [1.165, 1.54) is 29.6 Å². The first-order valence-electron chi connectivity index (χ1n) is 21.9. The molecule has 0 fully saturated rings. The Morgan fingerprint density at radius 1 is 0.485 bits per heavy atom. The topological polar surface area (TPSA) is 123 Å². The molecule has 5 rings (SSSR count). The van der Waals surface area contributed by atoms with Crippen LogP contribution in [0.25, 0.3) is 0 Å². The van der Waals surface area contributed by atoms with Crippen LogP contribution in [0.3, 0.4) is 0 Å². The molecule has 4 N–H and O–H groups in total. The van der Waals surface area contributed by atoms with Crippen molar-refractivity contribution in [3.8, 4) is 0 Å². The maximum atomic E-state index is 11.2. The summed E-state index contributed by atoms with van der Waals surface area (Å²) in [5, 5.41) is 17.6. The molecule has 0 bridgehead atoms. The molecule has 0 aliphatic rings. The molecule has 0 spiro atoms. The van der Waals surface area contributed by atoms with Crippen LogP contribution in [0.15, 0.2) is 121 Å². The van der Waals surface area contributed by atoms with Crippen molar-refractivity contribution in [1.29, 1.82) is 0 Å². The first-order chi connectivity index (χ1) is 29.8. The van der Waals surface area contributed by atoms with E-state index in [1.54, 1.807) is 24.3 Å². The van der Waals surface area contributed by atoms with Crippen molar-refractivity contribution in [2.45, 2.75) is 75.8 Å². The summed E-state index contributed by atoms with van der Waals surface area (Å²) in [7, 11) is 1.39. The van der Waals surface area contributed by atoms with Gasteiger partial charge in [0.05, 0.1) is 24.8 Å². The molecule has 0 amide bonds. The van der Waals surface area contributed by atoms with Crippen molar-refractivity contribution in [1.82, 2.24) is 0 Å². The Morgan fingerprint density at radius 2 is 0.742 bits per heavy atom. The van der Waals surface area contributed by atoms with Gasteiger partial charge >= 0.3 is 49.7 Å². The molecular formula is C52H83Al2Li2N5O5. The van der Waals surface area contributed by atoms with Crippen molar-refractivity contribution in [2.75, 3.05) is 84.8 Å². The molecular weight excluding hydrogens is 842 g/mol. The number of nitrogen functional groups attached to an aromatic ring is 1. The number of aliphatic hydroxyl groups is 1. The number of carbonyl (C=O) groups is 2. The number of nitrogens with two attached hydrogens (primary N) is 1. The molecule has 0 aliphatic heterocycles. The monoisotopic (exact) mass is 926 g/mol. The first kappa shape index (κ1) is 68.8. The Bertz CT molecular complexity index is 1920. The standard InChI is InChI=1S/C12H17NO2.C11H15NO2.C11H17NO.C11H17N.C7H9N.2Al.2Li.8H/c1-4-13(5-2)11-8-6-10(7-9-11)12(14)15-3;1-3-12(4-2)10-7-5-9(6-8-10)11(13)14;1-3-12(4-2)11-7-5-10(9-13)6-8-11;1-4-12(5-2)11-8-6-10(3)7-9-11;1-6-2-4-7(8)5-3-6;;;;;;;;;;;;/h6-9H,4-5H2,1-3H3;5-8H,3-4H2,1-2H3,(H,13,14);5-8,13H,3-4,9H2,1-2H3;6-9H,4-5H2,1-3H3;2-5H,8H2,1H3;;;;;;;;;;;;/q;;;;;;;2*+1;;;;;;;2*-1. The fraction of sp³-hybridized carbons (Fsp3) is 0.385. The number of ether oxygens (including phenoxy) is 1. The van der Waals surface area contributed by atoms with E-state index in [-0.39, 0.29) is 87.9 Å². The first-order valence-corrected chi connectivity index (χ1v) is 21.9. The number of methoxy groups -OCH3 is 1. The fourth-order valence-electron chi connectivity index (χ4n) is 6.23. The van der Waals surface area contributed by atoms with Gasteiger partial charge in [-0.25, -0.2) is 9.59 Å². The number of esters is 1. The molecule has 14 heteroatoms. The third kappa shape index (κ3) is 26.0. The van der Waals surface area contributed by atoms with Crippen LogP contribution < -0.4 is 63.1 Å². The fourth-order valence-corrected chi connectivity index (χ4v) is 6.23. The van der Waals surface area contributed by atoms with E-state index in [0.717, 1.165) is 75.0 Å². The second-order valence-electron chi connectivity index (χ2n) is 14.2. The van der Waals surface area contributed by atoms with E-state index in [1.807, 2.05) is 67.6 Å². The second-order valence-corrected chi connectivity index (χ2v) is 14.2. The summed E-state index contributed by atoms with van der Waals surface area (Å²) < 4.78 is 4.64. The number of aryl methyl sites for hydroxylation is 2. The third-order valence-corrected chi connectivity index (χ3v) is 10.1. The second kappa shape index (κ2) is 40.3. The summed E-state index contributed by atoms with van der Waals surface area (Å²) in [5.41, 5.74) is 15.5. The van der Waals surface area contributed by atoms with E-state index in [0.29, 0.717) is 11.1 Å². The SMILES string of the molecule is CCN(CC)c1ccc(C(=O)O)cc1.CCN(CC)c1ccc(C(=O)OC)cc1.CCN(CC)c1ccc(C)cc1.CCN(CC)c1ccc(CO)cc1.Cc1ccc(N)cc1.[AlH3].[AlH3].[H-].[H-].[Li+].[Li+]. The number of aromatic carboxylic acids is 1. The molecule has 66 heavy (non-hydrogen) atoms. The van der Waals surface area contributed by atoms with Crippen molar-refractivity contribution < 1.29 is 65.1 Å². The van der Waals surface area contributed by atoms with Gasteiger partial charge in [0.15, 0.2) is 34.7 Å². The molecule has 0 atom stereocenters. The van der Waals surface area contributed by atoms with Crippen LogP contribution in [-0.2, 0) is 11.3 Å². The Balaban J connectivity index is -0.000000175. The van der Waals surface area contributed by atoms with Crippen LogP contribution in [0.1, 0.15) is 95.6 Å². The van der Waals surface area contributed by atoms with Gasteiger partial charge in [-0.2, -0.15) is 0 Å². The largest absolute Gasteiger partial charge is 1.00 e. The van der Waals surface area contributed by atoms with Crippen LogP contribution in [0, 0.1) is 13.8 Å². The summed E-state index contributed by atoms with van der Waals surface area (Å²) in [5.74, 6) is -1.17. The molecule has 0 saturated carbocycles. The number of hydrogen-bond acceptors (Lipinski definition) is 9. The maximum Gasteiger partial charge on any atom is 1.00 e. The van der Waals surface area contributed by atoms with Gasteiger partial charge in [-0.3, -0.25) is 0 Å². The Labute approximate surface area is 446 Å². The van der Waals surface area contributed by atoms with Crippen LogP contribution >= 0.6 is 0 Å². The molecule has 0 radical (unpaired) electrons. The van der Waals surface area contributed by atoms with Crippen LogP contribution in [-0.4, -0.2) is 116 Å². The van der Waals surface area contributed by atoms with E-state index in [2.05, 4.69) is 123 Å². The van der Waals surface area contributed by atoms with E-state index < -0.39 is 5.97 Å². The van der Waals surface area contributed by atoms with Crippen molar-refractivity contribution in [3.63, 3.8) is 0 Å². The quantitative estimate of drug-likeness (QED) is 0.0822. The van der Waals surface area contributed by atoms with E-state index in [9.17, 15) is 9.59 Å². The number of carboxylic acids is 1. The summed E-state index contributed by atoms with van der Waals surface area (Å²) in [6.07, 6.45) is 0. The number of carbonyl (C=O) groups excluding carboxylic acids is 1. The number of rotatable bonds is 15. The Hall–Kier alpha value is -3.74. The van der Waals surface area contributed by atoms with E-state index >= 15 is 0 Å². The van der Waals surface area contributed by atoms with Gasteiger partial charge in [0, 0.05) is 80.8 Å². The smallest absolute Gasteiger partial charge is 1.00 e. The van der Waals surface area contributed by atoms with Crippen molar-refractivity contribution >= 4 is 75.1 Å². The molecule has 354 valence electrons. The average molecular weight is 926 g/mol. The number of aliphatic hydroxyl groups excluding tert-OH is 1. The number of nitrogens with zero attached hydrogens (tertiary/aromatic N) is 4. The van der Waals surface area contributed by atoms with Gasteiger partial charge in [0.2, 0.25) is 0 Å². The number of carboxylic acid groups (broad SMARTS) is 1. The van der Waals surface area contributed by atoms with Gasteiger partial charge in [0.25, 0.3) is 0 Å². The predicted octanol–water partition coefficient (Wildman–Crippen LogP) is 2.86. The number of hydrogen-bond donors (Lipinski definition) is 3. The molecule has 0 aromatic heterocycles. The molecule has 0 unspecified atom stereocenters. The predicted molar refractivity (Wildman–Crippen MR) is 287 cm³/mol. The van der Waals surface area contributed by atoms with Crippen LogP contribution in [0.4, 0.5) is 28.4 Å². The van der Waals surface area contributed by atoms with Crippen LogP contribution in [0.5, 0.6) is 0 Å². The number of anilines is 5. The zero-order valence-corrected chi connectivity index (χ0v) is 41.4. The molecule has 0 aliphatic carbocycles. The minimum absolute atomic E-state index is 0. The molecule has 10 nitrogen and oxygen atoms in total. The third-order valence-electron chi connectivity index (χ3n) is 10.1. The average Bonchev–Trinajstić information content (AvgIpc) is 3.31. The molecule has 5 aromatic carbocycles. The van der Waals surface area contributed by atoms with Crippen molar-refractivity contribution in [3.05, 3.63) is 149 Å². The summed E-state index contributed by atoms with van der Waals surface area (Å²) in [4.78, 5) is 30.8. The normalized spacial score (nSPS) is 9.21. The summed E-state index contributed by atoms with van der Waals surface area (Å²) in [6, 6.07) is 38.9. The van der Waals surface area contributed by atoms with Gasteiger partial charge < -0.3 is 43.1 Å². The zero-order valence-electron chi connectivity index (χ0n) is 43.4. The molecule has 0 heterocycles. The van der Waals surface area contributed by atoms with Crippen LogP contribution in [0.2, 0.25) is 0 Å². The Morgan fingerprint density at radius 3 is 0.985 bits per heavy atom. The minimum atomic E-state index is -0.879. The van der Waals surface area contributed by atoms with E-state index in [4.69, 9.17) is 15.9 Å². The summed E-state index contributed by atoms with van der Waals surface area (Å²) >= 11 is 0. The maximum absolute atomic E-state index is 11.2. The van der Waals surface area contributed by atoms with Gasteiger partial charge in [0.1, 0.15) is 0 Å². The Kier molecular flexibility index (Phi) is 42.1. The van der Waals surface area contributed by atoms with Crippen molar-refractivity contribution in [2.24, 2.45) is 0 Å². The zero-order chi connectivity index (χ0) is 46.5. The van der Waals surface area contributed by atoms with Gasteiger partial charge in [-0.1, -0.05) is 47.5 Å². The molecule has 0 saturated heterocycles.